The summed E-state index contributed by atoms with van der Waals surface area (Å²) in [5.74, 6) is -0.979. The second kappa shape index (κ2) is 5.29. The fourth-order valence-electron chi connectivity index (χ4n) is 1.63. The Hall–Kier alpha value is -0.650. The Labute approximate surface area is 83.5 Å². The van der Waals surface area contributed by atoms with Crippen LogP contribution in [0.3, 0.4) is 0 Å². The van der Waals surface area contributed by atoms with Crippen molar-refractivity contribution >= 4 is 5.97 Å². The fraction of sp³-hybridized carbons (Fsp3) is 0.889. The minimum Gasteiger partial charge on any atom is -0.480 e. The van der Waals surface area contributed by atoms with Crippen LogP contribution in [0.4, 0.5) is 0 Å². The van der Waals surface area contributed by atoms with Gasteiger partial charge in [0.1, 0.15) is 6.04 Å². The lowest BCUT2D eigenvalue weighted by Gasteiger charge is -2.37. The third kappa shape index (κ3) is 2.94. The molecule has 1 saturated carbocycles. The van der Waals surface area contributed by atoms with E-state index in [2.05, 4.69) is 0 Å². The van der Waals surface area contributed by atoms with Crippen molar-refractivity contribution in [3.05, 3.63) is 0 Å². The van der Waals surface area contributed by atoms with Gasteiger partial charge in [0.15, 0.2) is 0 Å². The molecule has 4 N–H and O–H groups in total. The molecule has 0 spiro atoms. The third-order valence-electron chi connectivity index (χ3n) is 2.73. The van der Waals surface area contributed by atoms with Crippen molar-refractivity contribution in [2.45, 2.75) is 31.3 Å². The monoisotopic (exact) mass is 202 g/mol. The Morgan fingerprint density at radius 3 is 2.57 bits per heavy atom. The molecule has 1 aliphatic carbocycles. The van der Waals surface area contributed by atoms with Crippen molar-refractivity contribution in [3.63, 3.8) is 0 Å². The maximum absolute atomic E-state index is 10.6. The first kappa shape index (κ1) is 11.4. The van der Waals surface area contributed by atoms with Crippen LogP contribution >= 0.6 is 0 Å². The number of aliphatic hydroxyl groups is 1. The number of carboxylic acid groups (broad SMARTS) is 1. The minimum absolute atomic E-state index is 0.0584. The summed E-state index contributed by atoms with van der Waals surface area (Å²) in [6, 6.07) is -0.422. The molecule has 0 heterocycles. The first-order valence-corrected chi connectivity index (χ1v) is 4.98. The standard InChI is InChI=1S/C9H18N2O3/c10-8(9(13)14)6-11(4-5-12)7-2-1-3-7/h7-8,12H,1-6,10H2,(H,13,14). The van der Waals surface area contributed by atoms with Gasteiger partial charge >= 0.3 is 5.97 Å². The fourth-order valence-corrected chi connectivity index (χ4v) is 1.63. The zero-order valence-electron chi connectivity index (χ0n) is 8.22. The van der Waals surface area contributed by atoms with Crippen molar-refractivity contribution in [2.75, 3.05) is 19.7 Å². The van der Waals surface area contributed by atoms with Crippen molar-refractivity contribution in [1.29, 1.82) is 0 Å². The molecule has 5 heteroatoms. The summed E-state index contributed by atoms with van der Waals surface area (Å²) < 4.78 is 0. The van der Waals surface area contributed by atoms with Gasteiger partial charge in [-0.25, -0.2) is 0 Å². The number of hydrogen-bond acceptors (Lipinski definition) is 4. The van der Waals surface area contributed by atoms with Crippen LogP contribution in [-0.2, 0) is 4.79 Å². The molecule has 0 aliphatic heterocycles. The Morgan fingerprint density at radius 2 is 2.21 bits per heavy atom. The zero-order chi connectivity index (χ0) is 10.6. The van der Waals surface area contributed by atoms with E-state index in [9.17, 15) is 4.79 Å². The van der Waals surface area contributed by atoms with Gasteiger partial charge in [0.2, 0.25) is 0 Å². The normalized spacial score (nSPS) is 19.4. The van der Waals surface area contributed by atoms with Crippen LogP contribution in [0.25, 0.3) is 0 Å². The largest absolute Gasteiger partial charge is 0.480 e. The quantitative estimate of drug-likeness (QED) is 0.527. The summed E-state index contributed by atoms with van der Waals surface area (Å²) in [6.07, 6.45) is 3.37. The van der Waals surface area contributed by atoms with Crippen LogP contribution in [0.2, 0.25) is 0 Å². The van der Waals surface area contributed by atoms with E-state index >= 15 is 0 Å². The van der Waals surface area contributed by atoms with Gasteiger partial charge in [0.05, 0.1) is 6.61 Å². The lowest BCUT2D eigenvalue weighted by atomic mass is 9.91. The molecule has 82 valence electrons. The van der Waals surface area contributed by atoms with Crippen molar-refractivity contribution in [3.8, 4) is 0 Å². The Balaban J connectivity index is 2.37. The maximum atomic E-state index is 10.6. The molecule has 0 bridgehead atoms. The lowest BCUT2D eigenvalue weighted by Crippen LogP contribution is -2.50. The van der Waals surface area contributed by atoms with Gasteiger partial charge in [-0.05, 0) is 12.8 Å². The molecular formula is C9H18N2O3. The van der Waals surface area contributed by atoms with Crippen LogP contribution in [-0.4, -0.2) is 52.9 Å². The molecule has 0 aromatic carbocycles. The predicted molar refractivity (Wildman–Crippen MR) is 51.9 cm³/mol. The smallest absolute Gasteiger partial charge is 0.321 e. The number of rotatable bonds is 6. The highest BCUT2D eigenvalue weighted by atomic mass is 16.4. The van der Waals surface area contributed by atoms with Crippen LogP contribution in [0.1, 0.15) is 19.3 Å². The van der Waals surface area contributed by atoms with Gasteiger partial charge < -0.3 is 15.9 Å². The summed E-state index contributed by atoms with van der Waals surface area (Å²) in [5, 5.41) is 17.5. The molecule has 1 unspecified atom stereocenters. The summed E-state index contributed by atoms with van der Waals surface area (Å²) in [4.78, 5) is 12.5. The number of hydrogen-bond donors (Lipinski definition) is 3. The number of carbonyl (C=O) groups is 1. The first-order valence-electron chi connectivity index (χ1n) is 4.98. The van der Waals surface area contributed by atoms with E-state index in [0.717, 1.165) is 12.8 Å². The Kier molecular flexibility index (Phi) is 4.31. The summed E-state index contributed by atoms with van der Waals surface area (Å²) in [6.45, 7) is 0.912. The molecule has 0 saturated heterocycles. The molecule has 0 aromatic rings. The molecule has 1 aliphatic rings. The second-order valence-corrected chi connectivity index (χ2v) is 3.75. The molecule has 14 heavy (non-hydrogen) atoms. The van der Waals surface area contributed by atoms with E-state index in [4.69, 9.17) is 15.9 Å². The average molecular weight is 202 g/mol. The topological polar surface area (TPSA) is 86.8 Å². The SMILES string of the molecule is NC(CN(CCO)C1CCC1)C(=O)O. The highest BCUT2D eigenvalue weighted by Gasteiger charge is 2.27. The predicted octanol–water partition coefficient (Wildman–Crippen LogP) is -0.755. The molecule has 0 amide bonds. The van der Waals surface area contributed by atoms with Crippen LogP contribution in [0, 0.1) is 0 Å². The van der Waals surface area contributed by atoms with Gasteiger partial charge in [-0.1, -0.05) is 6.42 Å². The molecule has 1 rings (SSSR count). The third-order valence-corrected chi connectivity index (χ3v) is 2.73. The molecule has 1 atom stereocenters. The Bertz CT molecular complexity index is 194. The summed E-state index contributed by atoms with van der Waals surface area (Å²) in [7, 11) is 0. The van der Waals surface area contributed by atoms with E-state index in [0.29, 0.717) is 19.1 Å². The molecule has 0 aromatic heterocycles. The van der Waals surface area contributed by atoms with Crippen molar-refractivity contribution in [1.82, 2.24) is 4.90 Å². The molecule has 1 fully saturated rings. The second-order valence-electron chi connectivity index (χ2n) is 3.75. The zero-order valence-corrected chi connectivity index (χ0v) is 8.22. The van der Waals surface area contributed by atoms with Crippen LogP contribution in [0.5, 0.6) is 0 Å². The minimum atomic E-state index is -0.979. The Morgan fingerprint density at radius 1 is 1.57 bits per heavy atom. The maximum Gasteiger partial charge on any atom is 0.321 e. The van der Waals surface area contributed by atoms with Gasteiger partial charge in [0.25, 0.3) is 0 Å². The number of aliphatic carboxylic acids is 1. The number of carboxylic acids is 1. The van der Waals surface area contributed by atoms with Gasteiger partial charge in [-0.15, -0.1) is 0 Å². The number of nitrogens with zero attached hydrogens (tertiary/aromatic N) is 1. The van der Waals surface area contributed by atoms with Crippen LogP contribution in [0.15, 0.2) is 0 Å². The van der Waals surface area contributed by atoms with E-state index in [1.54, 1.807) is 0 Å². The van der Waals surface area contributed by atoms with Crippen molar-refractivity contribution in [2.24, 2.45) is 5.73 Å². The molecule has 5 nitrogen and oxygen atoms in total. The lowest BCUT2D eigenvalue weighted by molar-refractivity contribution is -0.139. The highest BCUT2D eigenvalue weighted by Crippen LogP contribution is 2.24. The molecule has 0 radical (unpaired) electrons. The highest BCUT2D eigenvalue weighted by molar-refractivity contribution is 5.73. The van der Waals surface area contributed by atoms with E-state index < -0.39 is 12.0 Å². The van der Waals surface area contributed by atoms with E-state index in [1.165, 1.54) is 6.42 Å². The summed E-state index contributed by atoms with van der Waals surface area (Å²) >= 11 is 0. The average Bonchev–Trinajstić information content (AvgIpc) is 2.01. The van der Waals surface area contributed by atoms with Gasteiger partial charge in [-0.3, -0.25) is 9.69 Å². The van der Waals surface area contributed by atoms with Gasteiger partial charge in [-0.2, -0.15) is 0 Å². The van der Waals surface area contributed by atoms with Gasteiger partial charge in [0, 0.05) is 19.1 Å². The van der Waals surface area contributed by atoms with Crippen LogP contribution < -0.4 is 5.73 Å². The van der Waals surface area contributed by atoms with E-state index in [1.807, 2.05) is 4.90 Å². The first-order chi connectivity index (χ1) is 6.65. The number of nitrogens with two attached hydrogens (primary N) is 1. The summed E-state index contributed by atoms with van der Waals surface area (Å²) in [5.41, 5.74) is 5.44. The van der Waals surface area contributed by atoms with Crippen molar-refractivity contribution < 1.29 is 15.0 Å². The number of aliphatic hydroxyl groups excluding tert-OH is 1. The van der Waals surface area contributed by atoms with E-state index in [-0.39, 0.29) is 6.61 Å². The molecular weight excluding hydrogens is 184 g/mol.